The van der Waals surface area contributed by atoms with Crippen molar-refractivity contribution in [1.29, 1.82) is 0 Å². The predicted octanol–water partition coefficient (Wildman–Crippen LogP) is 2.26. The van der Waals surface area contributed by atoms with Crippen molar-refractivity contribution in [2.75, 3.05) is 26.3 Å². The number of quaternary nitrogens is 1. The van der Waals surface area contributed by atoms with Crippen molar-refractivity contribution in [3.63, 3.8) is 0 Å². The zero-order valence-corrected chi connectivity index (χ0v) is 16.5. The molecular weight excluding hydrogens is 340 g/mol. The summed E-state index contributed by atoms with van der Waals surface area (Å²) in [6.45, 7) is 5.33. The van der Waals surface area contributed by atoms with Crippen molar-refractivity contribution >= 4 is 5.91 Å². The average Bonchev–Trinajstić information content (AvgIpc) is 2.99. The molecule has 1 unspecified atom stereocenters. The van der Waals surface area contributed by atoms with Gasteiger partial charge in [0.15, 0.2) is 18.0 Å². The second-order valence-electron chi connectivity index (χ2n) is 8.47. The molecule has 0 radical (unpaired) electrons. The zero-order valence-electron chi connectivity index (χ0n) is 16.5. The van der Waals surface area contributed by atoms with Crippen LogP contribution in [0.3, 0.4) is 0 Å². The summed E-state index contributed by atoms with van der Waals surface area (Å²) in [6.07, 6.45) is 8.13. The molecule has 0 aromatic heterocycles. The smallest absolute Gasteiger partial charge is 0.275 e. The third kappa shape index (κ3) is 4.40. The molecule has 2 heterocycles. The van der Waals surface area contributed by atoms with Gasteiger partial charge < -0.3 is 19.7 Å². The van der Waals surface area contributed by atoms with Crippen LogP contribution in [-0.2, 0) is 4.79 Å². The van der Waals surface area contributed by atoms with Gasteiger partial charge in [0.1, 0.15) is 6.04 Å². The van der Waals surface area contributed by atoms with Crippen LogP contribution in [0.2, 0.25) is 0 Å². The van der Waals surface area contributed by atoms with Crippen LogP contribution >= 0.6 is 0 Å². The van der Waals surface area contributed by atoms with E-state index >= 15 is 0 Å². The summed E-state index contributed by atoms with van der Waals surface area (Å²) in [5, 5.41) is 3.32. The van der Waals surface area contributed by atoms with E-state index in [1.807, 2.05) is 6.07 Å². The Kier molecular flexibility index (Phi) is 5.86. The Bertz CT molecular complexity index is 663. The van der Waals surface area contributed by atoms with Crippen LogP contribution in [0, 0.1) is 5.92 Å². The highest BCUT2D eigenvalue weighted by molar-refractivity contribution is 5.77. The average molecular weight is 374 g/mol. The molecule has 4 atom stereocenters. The highest BCUT2D eigenvalue weighted by Crippen LogP contribution is 2.33. The minimum atomic E-state index is 0.213. The summed E-state index contributed by atoms with van der Waals surface area (Å²) >= 11 is 0. The molecule has 5 nitrogen and oxygen atoms in total. The number of fused-ring (bicyclic) bond motifs is 1. The maximum absolute atomic E-state index is 12.7. The normalized spacial score (nSPS) is 30.6. The van der Waals surface area contributed by atoms with Crippen LogP contribution in [-0.4, -0.2) is 38.3 Å². The van der Waals surface area contributed by atoms with E-state index in [9.17, 15) is 4.79 Å². The van der Waals surface area contributed by atoms with Gasteiger partial charge in [0.05, 0.1) is 19.8 Å². The van der Waals surface area contributed by atoms with Crippen LogP contribution in [0.5, 0.6) is 11.5 Å². The van der Waals surface area contributed by atoms with E-state index in [0.717, 1.165) is 37.3 Å². The minimum Gasteiger partial charge on any atom is -0.490 e. The van der Waals surface area contributed by atoms with Gasteiger partial charge in [-0.3, -0.25) is 4.79 Å². The fraction of sp³-hybridized carbons (Fsp3) is 0.682. The monoisotopic (exact) mass is 373 g/mol. The molecule has 1 aromatic rings. The lowest BCUT2D eigenvalue weighted by Gasteiger charge is -2.30. The molecule has 3 aliphatic rings. The van der Waals surface area contributed by atoms with Gasteiger partial charge in [-0.15, -0.1) is 0 Å². The Balaban J connectivity index is 1.40. The Hall–Kier alpha value is -1.75. The molecule has 1 saturated carbocycles. The number of carbonyl (C=O) groups excluding carboxylic acids is 1. The number of amides is 1. The Morgan fingerprint density at radius 3 is 2.74 bits per heavy atom. The first-order valence-electron chi connectivity index (χ1n) is 10.7. The van der Waals surface area contributed by atoms with Crippen molar-refractivity contribution in [2.24, 2.45) is 5.92 Å². The molecular formula is C22H33N2O3+. The lowest BCUT2D eigenvalue weighted by atomic mass is 9.86. The van der Waals surface area contributed by atoms with Crippen molar-refractivity contribution in [1.82, 2.24) is 5.32 Å². The molecule has 27 heavy (non-hydrogen) atoms. The number of likely N-dealkylation sites (tertiary alicyclic amines) is 1. The maximum Gasteiger partial charge on any atom is 0.275 e. The molecule has 1 aromatic carbocycles. The van der Waals surface area contributed by atoms with Crippen LogP contribution in [0.1, 0.15) is 63.5 Å². The quantitative estimate of drug-likeness (QED) is 0.851. The number of nitrogens with one attached hydrogen (secondary N) is 2. The molecule has 1 amide bonds. The van der Waals surface area contributed by atoms with E-state index in [0.29, 0.717) is 37.8 Å². The van der Waals surface area contributed by atoms with Gasteiger partial charge in [-0.2, -0.15) is 0 Å². The fourth-order valence-corrected chi connectivity index (χ4v) is 4.92. The van der Waals surface area contributed by atoms with E-state index in [1.165, 1.54) is 36.1 Å². The SMILES string of the molecule is C[C@@H]1CCCC[C@@H]1NC(=O)C[NH+]1CCC[C@@H]1c1ccc2c(c1)OCCCO2. The fourth-order valence-electron chi connectivity index (χ4n) is 4.92. The van der Waals surface area contributed by atoms with Gasteiger partial charge in [0.2, 0.25) is 0 Å². The summed E-state index contributed by atoms with van der Waals surface area (Å²) in [6, 6.07) is 7.07. The van der Waals surface area contributed by atoms with Gasteiger partial charge in [-0.1, -0.05) is 19.8 Å². The first-order chi connectivity index (χ1) is 13.2. The Labute approximate surface area is 162 Å². The van der Waals surface area contributed by atoms with Crippen molar-refractivity contribution in [3.05, 3.63) is 23.8 Å². The maximum atomic E-state index is 12.7. The Morgan fingerprint density at radius 2 is 1.89 bits per heavy atom. The summed E-state index contributed by atoms with van der Waals surface area (Å²) in [7, 11) is 0. The molecule has 0 bridgehead atoms. The van der Waals surface area contributed by atoms with Gasteiger partial charge >= 0.3 is 0 Å². The topological polar surface area (TPSA) is 52.0 Å². The van der Waals surface area contributed by atoms with Crippen molar-refractivity contribution < 1.29 is 19.2 Å². The van der Waals surface area contributed by atoms with Crippen LogP contribution in [0.4, 0.5) is 0 Å². The highest BCUT2D eigenvalue weighted by Gasteiger charge is 2.33. The summed E-state index contributed by atoms with van der Waals surface area (Å²) in [4.78, 5) is 14.1. The van der Waals surface area contributed by atoms with E-state index < -0.39 is 0 Å². The number of carbonyl (C=O) groups is 1. The lowest BCUT2D eigenvalue weighted by molar-refractivity contribution is -0.910. The van der Waals surface area contributed by atoms with Crippen LogP contribution in [0.15, 0.2) is 18.2 Å². The number of hydrogen-bond acceptors (Lipinski definition) is 3. The molecule has 2 N–H and O–H groups in total. The first-order valence-corrected chi connectivity index (χ1v) is 10.7. The summed E-state index contributed by atoms with van der Waals surface area (Å²) in [5.41, 5.74) is 1.27. The van der Waals surface area contributed by atoms with Gasteiger partial charge in [-0.05, 0) is 37.0 Å². The standard InChI is InChI=1S/C22H32N2O3/c1-16-6-2-3-7-18(16)23-22(25)15-24-11-4-8-19(24)17-9-10-20-21(14-17)27-13-5-12-26-20/h9-10,14,16,18-19H,2-8,11-13,15H2,1H3,(H,23,25)/p+1/t16-,18+,19-/m1/s1. The zero-order chi connectivity index (χ0) is 18.6. The van der Waals surface area contributed by atoms with Gasteiger partial charge in [0.25, 0.3) is 5.91 Å². The number of hydrogen-bond donors (Lipinski definition) is 2. The number of rotatable bonds is 4. The van der Waals surface area contributed by atoms with E-state index in [2.05, 4.69) is 24.4 Å². The van der Waals surface area contributed by atoms with Crippen LogP contribution in [0.25, 0.3) is 0 Å². The van der Waals surface area contributed by atoms with Crippen LogP contribution < -0.4 is 19.7 Å². The molecule has 1 aliphatic carbocycles. The summed E-state index contributed by atoms with van der Waals surface area (Å²) < 4.78 is 11.6. The minimum absolute atomic E-state index is 0.213. The molecule has 0 spiro atoms. The third-order valence-corrected chi connectivity index (χ3v) is 6.50. The second kappa shape index (κ2) is 8.51. The first kappa shape index (κ1) is 18.6. The largest absolute Gasteiger partial charge is 0.490 e. The molecule has 1 saturated heterocycles. The second-order valence-corrected chi connectivity index (χ2v) is 8.47. The third-order valence-electron chi connectivity index (χ3n) is 6.50. The van der Waals surface area contributed by atoms with Crippen molar-refractivity contribution in [3.8, 4) is 11.5 Å². The predicted molar refractivity (Wildman–Crippen MR) is 104 cm³/mol. The molecule has 148 valence electrons. The van der Waals surface area contributed by atoms with E-state index in [4.69, 9.17) is 9.47 Å². The lowest BCUT2D eigenvalue weighted by Crippen LogP contribution is -3.11. The highest BCUT2D eigenvalue weighted by atomic mass is 16.5. The van der Waals surface area contributed by atoms with E-state index in [-0.39, 0.29) is 5.91 Å². The number of ether oxygens (including phenoxy) is 2. The number of benzene rings is 1. The summed E-state index contributed by atoms with van der Waals surface area (Å²) in [5.74, 6) is 2.52. The molecule has 4 rings (SSSR count). The van der Waals surface area contributed by atoms with Crippen molar-refractivity contribution in [2.45, 2.75) is 64.0 Å². The molecule has 5 heteroatoms. The molecule has 2 fully saturated rings. The van der Waals surface area contributed by atoms with Gasteiger partial charge in [-0.25, -0.2) is 0 Å². The van der Waals surface area contributed by atoms with Gasteiger partial charge in [0, 0.05) is 30.9 Å². The molecule has 2 aliphatic heterocycles. The van der Waals surface area contributed by atoms with E-state index in [1.54, 1.807) is 0 Å². The Morgan fingerprint density at radius 1 is 1.07 bits per heavy atom.